The van der Waals surface area contributed by atoms with Crippen molar-refractivity contribution in [3.63, 3.8) is 0 Å². The van der Waals surface area contributed by atoms with E-state index in [9.17, 15) is 13.2 Å². The van der Waals surface area contributed by atoms with Gasteiger partial charge in [0.05, 0.1) is 11.8 Å². The zero-order valence-corrected chi connectivity index (χ0v) is 10.9. The molecular formula is C10H15NO3S2. The molecule has 0 saturated carbocycles. The summed E-state index contributed by atoms with van der Waals surface area (Å²) in [6.07, 6.45) is 1.31. The number of ketones is 1. The summed E-state index contributed by atoms with van der Waals surface area (Å²) in [5.74, 6) is -0.240. The molecule has 0 spiro atoms. The van der Waals surface area contributed by atoms with Crippen molar-refractivity contribution in [2.45, 2.75) is 19.4 Å². The van der Waals surface area contributed by atoms with Crippen molar-refractivity contribution in [2.24, 2.45) is 5.73 Å². The van der Waals surface area contributed by atoms with E-state index >= 15 is 0 Å². The first-order valence-electron chi connectivity index (χ1n) is 4.82. The fraction of sp³-hybridized carbons (Fsp3) is 0.500. The molecule has 4 nitrogen and oxygen atoms in total. The maximum atomic E-state index is 11.8. The van der Waals surface area contributed by atoms with Gasteiger partial charge >= 0.3 is 0 Å². The van der Waals surface area contributed by atoms with Crippen molar-refractivity contribution in [1.82, 2.24) is 0 Å². The van der Waals surface area contributed by atoms with Gasteiger partial charge in [-0.15, -0.1) is 11.3 Å². The van der Waals surface area contributed by atoms with E-state index in [0.29, 0.717) is 5.56 Å². The number of nitrogens with two attached hydrogens (primary N) is 1. The van der Waals surface area contributed by atoms with Gasteiger partial charge in [0.25, 0.3) is 0 Å². The first-order chi connectivity index (χ1) is 7.29. The predicted octanol–water partition coefficient (Wildman–Crippen LogP) is 1.00. The highest BCUT2D eigenvalue weighted by atomic mass is 32.2. The summed E-state index contributed by atoms with van der Waals surface area (Å²) >= 11 is 1.48. The summed E-state index contributed by atoms with van der Waals surface area (Å²) in [6.45, 7) is 1.91. The fourth-order valence-corrected chi connectivity index (χ4v) is 2.63. The van der Waals surface area contributed by atoms with E-state index in [-0.39, 0.29) is 18.0 Å². The maximum absolute atomic E-state index is 11.8. The molecule has 1 unspecified atom stereocenters. The van der Waals surface area contributed by atoms with Crippen LogP contribution in [0.2, 0.25) is 0 Å². The molecule has 1 aromatic rings. The summed E-state index contributed by atoms with van der Waals surface area (Å²) in [7, 11) is -3.06. The second-order valence-corrected chi connectivity index (χ2v) is 7.21. The largest absolute Gasteiger partial charge is 0.321 e. The molecule has 0 radical (unpaired) electrons. The van der Waals surface area contributed by atoms with Crippen LogP contribution in [0.3, 0.4) is 0 Å². The number of aryl methyl sites for hydroxylation is 1. The summed E-state index contributed by atoms with van der Waals surface area (Å²) in [5, 5.41) is 1.75. The normalized spacial score (nSPS) is 13.7. The van der Waals surface area contributed by atoms with Gasteiger partial charge < -0.3 is 5.73 Å². The Morgan fingerprint density at radius 2 is 2.19 bits per heavy atom. The minimum absolute atomic E-state index is 0.0526. The van der Waals surface area contributed by atoms with Crippen molar-refractivity contribution >= 4 is 27.0 Å². The molecule has 6 heteroatoms. The van der Waals surface area contributed by atoms with E-state index in [1.807, 2.05) is 6.92 Å². The molecular weight excluding hydrogens is 246 g/mol. The summed E-state index contributed by atoms with van der Waals surface area (Å²) in [5.41, 5.74) is 6.23. The van der Waals surface area contributed by atoms with Gasteiger partial charge in [0.2, 0.25) is 0 Å². The van der Waals surface area contributed by atoms with Gasteiger partial charge in [0.1, 0.15) is 9.84 Å². The third-order valence-corrected chi connectivity index (χ3v) is 3.99. The highest BCUT2D eigenvalue weighted by Gasteiger charge is 2.18. The first kappa shape index (κ1) is 13.3. The lowest BCUT2D eigenvalue weighted by Crippen LogP contribution is -2.32. The second-order valence-electron chi connectivity index (χ2n) is 3.84. The molecule has 0 amide bonds. The van der Waals surface area contributed by atoms with E-state index in [1.165, 1.54) is 11.3 Å². The smallest absolute Gasteiger partial charge is 0.180 e. The lowest BCUT2D eigenvalue weighted by Gasteiger charge is -2.08. The SMILES string of the molecule is Cc1cc(C(=O)C(N)CCS(C)(=O)=O)cs1. The number of hydrogen-bond donors (Lipinski definition) is 1. The monoisotopic (exact) mass is 261 g/mol. The third-order valence-electron chi connectivity index (χ3n) is 2.15. The number of rotatable bonds is 5. The molecule has 0 aliphatic heterocycles. The van der Waals surface area contributed by atoms with Crippen molar-refractivity contribution in [1.29, 1.82) is 0 Å². The van der Waals surface area contributed by atoms with Crippen LogP contribution in [0.15, 0.2) is 11.4 Å². The van der Waals surface area contributed by atoms with E-state index in [1.54, 1.807) is 11.4 Å². The van der Waals surface area contributed by atoms with Crippen LogP contribution in [0.4, 0.5) is 0 Å². The van der Waals surface area contributed by atoms with Crippen molar-refractivity contribution < 1.29 is 13.2 Å². The predicted molar refractivity (Wildman–Crippen MR) is 65.7 cm³/mol. The number of hydrogen-bond acceptors (Lipinski definition) is 5. The zero-order valence-electron chi connectivity index (χ0n) is 9.26. The molecule has 2 N–H and O–H groups in total. The Hall–Kier alpha value is -0.720. The quantitative estimate of drug-likeness (QED) is 0.802. The van der Waals surface area contributed by atoms with Gasteiger partial charge in [-0.2, -0.15) is 0 Å². The highest BCUT2D eigenvalue weighted by Crippen LogP contribution is 2.15. The Balaban J connectivity index is 2.61. The molecule has 0 aromatic carbocycles. The topological polar surface area (TPSA) is 77.2 Å². The van der Waals surface area contributed by atoms with E-state index in [4.69, 9.17) is 5.73 Å². The molecule has 1 atom stereocenters. The van der Waals surface area contributed by atoms with E-state index in [0.717, 1.165) is 11.1 Å². The molecule has 1 rings (SSSR count). The number of carbonyl (C=O) groups is 1. The fourth-order valence-electron chi connectivity index (χ4n) is 1.26. The summed E-state index contributed by atoms with van der Waals surface area (Å²) < 4.78 is 21.9. The standard InChI is InChI=1S/C10H15NO3S2/c1-7-5-8(6-15-7)10(12)9(11)3-4-16(2,13)14/h5-6,9H,3-4,11H2,1-2H3. The zero-order chi connectivity index (χ0) is 12.3. The van der Waals surface area contributed by atoms with Crippen LogP contribution >= 0.6 is 11.3 Å². The maximum Gasteiger partial charge on any atom is 0.180 e. The minimum Gasteiger partial charge on any atom is -0.321 e. The van der Waals surface area contributed by atoms with E-state index < -0.39 is 15.9 Å². The number of thiophene rings is 1. The van der Waals surface area contributed by atoms with E-state index in [2.05, 4.69) is 0 Å². The van der Waals surface area contributed by atoms with Gasteiger partial charge in [0, 0.05) is 22.1 Å². The van der Waals surface area contributed by atoms with Gasteiger partial charge in [0.15, 0.2) is 5.78 Å². The average molecular weight is 261 g/mol. The van der Waals surface area contributed by atoms with Crippen LogP contribution in [0.25, 0.3) is 0 Å². The molecule has 16 heavy (non-hydrogen) atoms. The Kier molecular flexibility index (Phi) is 4.23. The second kappa shape index (κ2) is 5.07. The molecule has 1 aromatic heterocycles. The first-order valence-corrected chi connectivity index (χ1v) is 7.76. The number of sulfone groups is 1. The summed E-state index contributed by atoms with van der Waals surface area (Å²) in [4.78, 5) is 12.8. The summed E-state index contributed by atoms with van der Waals surface area (Å²) in [6, 6.07) is 1.04. The molecule has 0 saturated heterocycles. The van der Waals surface area contributed by atoms with Crippen LogP contribution in [-0.2, 0) is 9.84 Å². The molecule has 0 fully saturated rings. The van der Waals surface area contributed by atoms with Crippen LogP contribution in [0.1, 0.15) is 21.7 Å². The van der Waals surface area contributed by atoms with Crippen LogP contribution < -0.4 is 5.73 Å². The lowest BCUT2D eigenvalue weighted by molar-refractivity contribution is 0.0960. The van der Waals surface area contributed by atoms with Gasteiger partial charge in [-0.3, -0.25) is 4.79 Å². The van der Waals surface area contributed by atoms with Crippen LogP contribution in [0, 0.1) is 6.92 Å². The van der Waals surface area contributed by atoms with Crippen molar-refractivity contribution in [2.75, 3.05) is 12.0 Å². The van der Waals surface area contributed by atoms with Gasteiger partial charge in [-0.25, -0.2) is 8.42 Å². The minimum atomic E-state index is -3.06. The Morgan fingerprint density at radius 3 is 2.62 bits per heavy atom. The molecule has 0 aliphatic rings. The molecule has 90 valence electrons. The van der Waals surface area contributed by atoms with Crippen molar-refractivity contribution in [3.05, 3.63) is 21.9 Å². The molecule has 0 bridgehead atoms. The highest BCUT2D eigenvalue weighted by molar-refractivity contribution is 7.90. The van der Waals surface area contributed by atoms with Crippen LogP contribution in [0.5, 0.6) is 0 Å². The Labute approximate surface area is 99.4 Å². The lowest BCUT2D eigenvalue weighted by atomic mass is 10.1. The number of Topliss-reactive ketones (excluding diaryl/α,β-unsaturated/α-hetero) is 1. The Morgan fingerprint density at radius 1 is 1.56 bits per heavy atom. The van der Waals surface area contributed by atoms with Crippen LogP contribution in [-0.4, -0.2) is 32.3 Å². The third kappa shape index (κ3) is 4.03. The van der Waals surface area contributed by atoms with Gasteiger partial charge in [-0.1, -0.05) is 0 Å². The number of carbonyl (C=O) groups excluding carboxylic acids is 1. The van der Waals surface area contributed by atoms with Crippen molar-refractivity contribution in [3.8, 4) is 0 Å². The molecule has 1 heterocycles. The van der Waals surface area contributed by atoms with Gasteiger partial charge in [-0.05, 0) is 19.4 Å². The Bertz CT molecular complexity index is 476. The average Bonchev–Trinajstić information content (AvgIpc) is 2.59. The molecule has 0 aliphatic carbocycles.